The highest BCUT2D eigenvalue weighted by Crippen LogP contribution is 2.22. The monoisotopic (exact) mass is 238 g/mol. The van der Waals surface area contributed by atoms with Crippen LogP contribution in [0.3, 0.4) is 0 Å². The maximum Gasteiger partial charge on any atom is 0.168 e. The van der Waals surface area contributed by atoms with Crippen molar-refractivity contribution in [1.82, 2.24) is 4.98 Å². The summed E-state index contributed by atoms with van der Waals surface area (Å²) in [6.45, 7) is 6.98. The summed E-state index contributed by atoms with van der Waals surface area (Å²) in [4.78, 5) is 4.22. The molecule has 0 atom stereocenters. The van der Waals surface area contributed by atoms with Crippen LogP contribution in [0.5, 0.6) is 5.75 Å². The number of anilines is 1. The Morgan fingerprint density at radius 1 is 1.35 bits per heavy atom. The molecule has 0 amide bonds. The largest absolute Gasteiger partial charge is 0.490 e. The third-order valence-electron chi connectivity index (χ3n) is 2.97. The smallest absolute Gasteiger partial charge is 0.168 e. The van der Waals surface area contributed by atoms with Crippen LogP contribution >= 0.6 is 0 Å². The van der Waals surface area contributed by atoms with Gasteiger partial charge in [0.25, 0.3) is 0 Å². The van der Waals surface area contributed by atoms with Gasteiger partial charge in [0, 0.05) is 12.7 Å². The second kappa shape index (κ2) is 6.45. The summed E-state index contributed by atoms with van der Waals surface area (Å²) < 4.78 is 5.46. The lowest BCUT2D eigenvalue weighted by atomic mass is 9.98. The molecule has 0 unspecified atom stereocenters. The summed E-state index contributed by atoms with van der Waals surface area (Å²) in [5.74, 6) is 1.42. The maximum atomic E-state index is 10.2. The van der Waals surface area contributed by atoms with Crippen molar-refractivity contribution in [2.45, 2.75) is 39.2 Å². The van der Waals surface area contributed by atoms with Crippen LogP contribution in [0.15, 0.2) is 18.3 Å². The van der Waals surface area contributed by atoms with Gasteiger partial charge in [0.1, 0.15) is 0 Å². The van der Waals surface area contributed by atoms with Crippen LogP contribution in [0.25, 0.3) is 0 Å². The molecule has 96 valence electrons. The summed E-state index contributed by atoms with van der Waals surface area (Å²) in [6, 6.07) is 3.71. The number of aromatic nitrogens is 1. The van der Waals surface area contributed by atoms with Crippen LogP contribution in [-0.4, -0.2) is 28.8 Å². The normalized spacial score (nSPS) is 11.3. The summed E-state index contributed by atoms with van der Waals surface area (Å²) in [5.41, 5.74) is -0.680. The van der Waals surface area contributed by atoms with Crippen molar-refractivity contribution in [1.29, 1.82) is 0 Å². The molecule has 0 spiro atoms. The Labute approximate surface area is 103 Å². The van der Waals surface area contributed by atoms with E-state index in [0.29, 0.717) is 31.8 Å². The average Bonchev–Trinajstić information content (AvgIpc) is 2.38. The second-order valence-corrected chi connectivity index (χ2v) is 4.07. The van der Waals surface area contributed by atoms with E-state index >= 15 is 0 Å². The van der Waals surface area contributed by atoms with E-state index in [1.165, 1.54) is 0 Å². The summed E-state index contributed by atoms with van der Waals surface area (Å²) in [5, 5.41) is 13.3. The van der Waals surface area contributed by atoms with E-state index in [1.807, 2.05) is 32.9 Å². The fourth-order valence-electron chi connectivity index (χ4n) is 1.54. The number of nitrogens with zero attached hydrogens (tertiary/aromatic N) is 1. The van der Waals surface area contributed by atoms with Gasteiger partial charge in [0.2, 0.25) is 0 Å². The zero-order chi connectivity index (χ0) is 12.7. The molecule has 1 rings (SSSR count). The highest BCUT2D eigenvalue weighted by Gasteiger charge is 2.22. The van der Waals surface area contributed by atoms with E-state index in [1.54, 1.807) is 6.20 Å². The SMILES string of the molecule is CCOc1cccnc1NCC(O)(CC)CC. The Hall–Kier alpha value is -1.29. The van der Waals surface area contributed by atoms with Crippen molar-refractivity contribution in [3.05, 3.63) is 18.3 Å². The Kier molecular flexibility index (Phi) is 5.22. The van der Waals surface area contributed by atoms with Gasteiger partial charge in [0.05, 0.1) is 12.2 Å². The summed E-state index contributed by atoms with van der Waals surface area (Å²) >= 11 is 0. The topological polar surface area (TPSA) is 54.4 Å². The predicted molar refractivity (Wildman–Crippen MR) is 69.4 cm³/mol. The molecule has 1 aromatic heterocycles. The van der Waals surface area contributed by atoms with Crippen LogP contribution in [-0.2, 0) is 0 Å². The molecule has 0 saturated carbocycles. The van der Waals surface area contributed by atoms with Crippen molar-refractivity contribution in [3.8, 4) is 5.75 Å². The molecule has 0 aliphatic heterocycles. The fourth-order valence-corrected chi connectivity index (χ4v) is 1.54. The van der Waals surface area contributed by atoms with Crippen molar-refractivity contribution < 1.29 is 9.84 Å². The number of pyridine rings is 1. The Morgan fingerprint density at radius 3 is 2.65 bits per heavy atom. The number of rotatable bonds is 7. The van der Waals surface area contributed by atoms with Crippen molar-refractivity contribution >= 4 is 5.82 Å². The molecule has 0 radical (unpaired) electrons. The lowest BCUT2D eigenvalue weighted by Crippen LogP contribution is -2.35. The van der Waals surface area contributed by atoms with E-state index in [0.717, 1.165) is 5.75 Å². The Balaban J connectivity index is 2.68. The quantitative estimate of drug-likeness (QED) is 0.766. The number of hydrogen-bond donors (Lipinski definition) is 2. The molecule has 0 fully saturated rings. The summed E-state index contributed by atoms with van der Waals surface area (Å²) in [6.07, 6.45) is 3.14. The number of aliphatic hydroxyl groups is 1. The van der Waals surface area contributed by atoms with Gasteiger partial charge in [-0.25, -0.2) is 4.98 Å². The fraction of sp³-hybridized carbons (Fsp3) is 0.615. The molecule has 0 saturated heterocycles. The second-order valence-electron chi connectivity index (χ2n) is 4.07. The highest BCUT2D eigenvalue weighted by molar-refractivity contribution is 5.49. The summed E-state index contributed by atoms with van der Waals surface area (Å²) in [7, 11) is 0. The lowest BCUT2D eigenvalue weighted by Gasteiger charge is -2.26. The molecule has 0 bridgehead atoms. The van der Waals surface area contributed by atoms with Crippen molar-refractivity contribution in [2.75, 3.05) is 18.5 Å². The zero-order valence-corrected chi connectivity index (χ0v) is 10.9. The van der Waals surface area contributed by atoms with Gasteiger partial charge in [-0.3, -0.25) is 0 Å². The maximum absolute atomic E-state index is 10.2. The molecule has 4 nitrogen and oxygen atoms in total. The minimum Gasteiger partial charge on any atom is -0.490 e. The molecule has 0 aliphatic carbocycles. The molecular formula is C13H22N2O2. The highest BCUT2D eigenvalue weighted by atomic mass is 16.5. The molecule has 4 heteroatoms. The molecule has 0 aromatic carbocycles. The third kappa shape index (κ3) is 3.89. The molecule has 17 heavy (non-hydrogen) atoms. The van der Waals surface area contributed by atoms with Crippen molar-refractivity contribution in [3.63, 3.8) is 0 Å². The van der Waals surface area contributed by atoms with Gasteiger partial charge in [-0.15, -0.1) is 0 Å². The van der Waals surface area contributed by atoms with Gasteiger partial charge >= 0.3 is 0 Å². The Bertz CT molecular complexity index is 338. The van der Waals surface area contributed by atoms with E-state index in [2.05, 4.69) is 10.3 Å². The molecule has 1 aromatic rings. The molecule has 1 heterocycles. The van der Waals surface area contributed by atoms with Gasteiger partial charge in [-0.2, -0.15) is 0 Å². The minimum atomic E-state index is -0.680. The van der Waals surface area contributed by atoms with Crippen LogP contribution in [0, 0.1) is 0 Å². The van der Waals surface area contributed by atoms with E-state index in [-0.39, 0.29) is 0 Å². The van der Waals surface area contributed by atoms with E-state index in [4.69, 9.17) is 4.74 Å². The first-order chi connectivity index (χ1) is 8.15. The first-order valence-electron chi connectivity index (χ1n) is 6.19. The van der Waals surface area contributed by atoms with Gasteiger partial charge in [0.15, 0.2) is 11.6 Å². The number of nitrogens with one attached hydrogen (secondary N) is 1. The number of ether oxygens (including phenoxy) is 1. The van der Waals surface area contributed by atoms with Crippen LogP contribution in [0.1, 0.15) is 33.6 Å². The van der Waals surface area contributed by atoms with Gasteiger partial charge in [-0.05, 0) is 31.9 Å². The number of hydrogen-bond acceptors (Lipinski definition) is 4. The first kappa shape index (κ1) is 13.8. The van der Waals surface area contributed by atoms with E-state index < -0.39 is 5.60 Å². The van der Waals surface area contributed by atoms with Crippen LogP contribution in [0.2, 0.25) is 0 Å². The average molecular weight is 238 g/mol. The van der Waals surface area contributed by atoms with Gasteiger partial charge < -0.3 is 15.2 Å². The predicted octanol–water partition coefficient (Wildman–Crippen LogP) is 2.44. The zero-order valence-electron chi connectivity index (χ0n) is 10.9. The lowest BCUT2D eigenvalue weighted by molar-refractivity contribution is 0.0456. The molecular weight excluding hydrogens is 216 g/mol. The standard InChI is InChI=1S/C13H22N2O2/c1-4-13(16,5-2)10-15-12-11(17-6-3)8-7-9-14-12/h7-9,16H,4-6,10H2,1-3H3,(H,14,15). The molecule has 2 N–H and O–H groups in total. The van der Waals surface area contributed by atoms with Gasteiger partial charge in [-0.1, -0.05) is 13.8 Å². The molecule has 0 aliphatic rings. The first-order valence-corrected chi connectivity index (χ1v) is 6.19. The van der Waals surface area contributed by atoms with Crippen LogP contribution in [0.4, 0.5) is 5.82 Å². The third-order valence-corrected chi connectivity index (χ3v) is 2.97. The Morgan fingerprint density at radius 2 is 2.06 bits per heavy atom. The van der Waals surface area contributed by atoms with Crippen molar-refractivity contribution in [2.24, 2.45) is 0 Å². The van der Waals surface area contributed by atoms with Crippen LogP contribution < -0.4 is 10.1 Å². The minimum absolute atomic E-state index is 0.483. The van der Waals surface area contributed by atoms with E-state index in [9.17, 15) is 5.11 Å².